The van der Waals surface area contributed by atoms with E-state index in [1.807, 2.05) is 12.1 Å². The van der Waals surface area contributed by atoms with Crippen LogP contribution in [-0.4, -0.2) is 31.0 Å². The van der Waals surface area contributed by atoms with Crippen LogP contribution in [0.1, 0.15) is 30.4 Å². The zero-order valence-corrected chi connectivity index (χ0v) is 12.9. The monoisotopic (exact) mass is 301 g/mol. The summed E-state index contributed by atoms with van der Waals surface area (Å²) in [5.74, 6) is 1.82. The SMILES string of the molecule is CN(CCCCCCl)Cc1cc(Cl)cc2c1OCC2. The predicted molar refractivity (Wildman–Crippen MR) is 81.6 cm³/mol. The van der Waals surface area contributed by atoms with Crippen LogP contribution in [-0.2, 0) is 13.0 Å². The summed E-state index contributed by atoms with van der Waals surface area (Å²) in [5, 5.41) is 0.815. The number of unbranched alkanes of at least 4 members (excludes halogenated alkanes) is 2. The molecule has 0 aromatic heterocycles. The first-order valence-electron chi connectivity index (χ1n) is 6.89. The first-order chi connectivity index (χ1) is 9.20. The number of ether oxygens (including phenoxy) is 1. The van der Waals surface area contributed by atoms with Gasteiger partial charge in [0.1, 0.15) is 5.75 Å². The summed E-state index contributed by atoms with van der Waals surface area (Å²) in [6, 6.07) is 4.05. The van der Waals surface area contributed by atoms with Gasteiger partial charge < -0.3 is 9.64 Å². The highest BCUT2D eigenvalue weighted by Gasteiger charge is 2.18. The Hall–Kier alpha value is -0.440. The number of alkyl halides is 1. The van der Waals surface area contributed by atoms with Gasteiger partial charge in [-0.3, -0.25) is 0 Å². The van der Waals surface area contributed by atoms with E-state index in [2.05, 4.69) is 11.9 Å². The van der Waals surface area contributed by atoms with Gasteiger partial charge in [0.25, 0.3) is 0 Å². The first-order valence-corrected chi connectivity index (χ1v) is 7.80. The molecule has 0 saturated carbocycles. The number of halogens is 2. The first kappa shape index (κ1) is 15.0. The summed E-state index contributed by atoms with van der Waals surface area (Å²) in [7, 11) is 2.14. The molecule has 1 aliphatic heterocycles. The zero-order chi connectivity index (χ0) is 13.7. The summed E-state index contributed by atoms with van der Waals surface area (Å²) in [5.41, 5.74) is 2.46. The van der Waals surface area contributed by atoms with E-state index in [1.54, 1.807) is 0 Å². The second kappa shape index (κ2) is 7.37. The van der Waals surface area contributed by atoms with Crippen LogP contribution >= 0.6 is 23.2 Å². The second-order valence-corrected chi connectivity index (χ2v) is 5.95. The highest BCUT2D eigenvalue weighted by Crippen LogP contribution is 2.33. The largest absolute Gasteiger partial charge is 0.493 e. The molecular formula is C15H21Cl2NO. The molecule has 0 atom stereocenters. The van der Waals surface area contributed by atoms with E-state index in [-0.39, 0.29) is 0 Å². The number of hydrogen-bond donors (Lipinski definition) is 0. The van der Waals surface area contributed by atoms with Gasteiger partial charge in [0.2, 0.25) is 0 Å². The van der Waals surface area contributed by atoms with Crippen LogP contribution in [0.25, 0.3) is 0 Å². The van der Waals surface area contributed by atoms with Gasteiger partial charge in [-0.05, 0) is 44.1 Å². The summed E-state index contributed by atoms with van der Waals surface area (Å²) < 4.78 is 5.73. The molecule has 1 aromatic rings. The molecule has 4 heteroatoms. The number of rotatable bonds is 7. The third kappa shape index (κ3) is 4.27. The van der Waals surface area contributed by atoms with Crippen molar-refractivity contribution in [2.24, 2.45) is 0 Å². The van der Waals surface area contributed by atoms with Crippen molar-refractivity contribution in [3.05, 3.63) is 28.3 Å². The van der Waals surface area contributed by atoms with Crippen molar-refractivity contribution in [2.75, 3.05) is 26.1 Å². The van der Waals surface area contributed by atoms with Crippen LogP contribution in [0.15, 0.2) is 12.1 Å². The molecule has 0 amide bonds. The summed E-state index contributed by atoms with van der Waals surface area (Å²) >= 11 is 11.9. The minimum absolute atomic E-state index is 0.763. The fourth-order valence-corrected chi connectivity index (χ4v) is 2.94. The molecule has 0 unspecified atom stereocenters. The molecule has 2 nitrogen and oxygen atoms in total. The van der Waals surface area contributed by atoms with E-state index in [0.29, 0.717) is 0 Å². The summed E-state index contributed by atoms with van der Waals surface area (Å²) in [4.78, 5) is 2.32. The van der Waals surface area contributed by atoms with Crippen molar-refractivity contribution < 1.29 is 4.74 Å². The van der Waals surface area contributed by atoms with E-state index >= 15 is 0 Å². The van der Waals surface area contributed by atoms with Gasteiger partial charge in [0.05, 0.1) is 6.61 Å². The molecule has 1 aromatic carbocycles. The number of fused-ring (bicyclic) bond motifs is 1. The van der Waals surface area contributed by atoms with Gasteiger partial charge >= 0.3 is 0 Å². The van der Waals surface area contributed by atoms with E-state index in [0.717, 1.165) is 49.2 Å². The molecule has 106 valence electrons. The smallest absolute Gasteiger partial charge is 0.127 e. The van der Waals surface area contributed by atoms with Crippen LogP contribution in [0.5, 0.6) is 5.75 Å². The summed E-state index contributed by atoms with van der Waals surface area (Å²) in [6.45, 7) is 2.75. The van der Waals surface area contributed by atoms with Gasteiger partial charge in [0.15, 0.2) is 0 Å². The highest BCUT2D eigenvalue weighted by atomic mass is 35.5. The fourth-order valence-electron chi connectivity index (χ4n) is 2.49. The van der Waals surface area contributed by atoms with Crippen molar-refractivity contribution in [1.29, 1.82) is 0 Å². The Labute approximate surface area is 125 Å². The second-order valence-electron chi connectivity index (χ2n) is 5.14. The standard InChI is InChI=1S/C15H21Cl2NO/c1-18(7-4-2-3-6-16)11-13-10-14(17)9-12-5-8-19-15(12)13/h9-10H,2-8,11H2,1H3. The average Bonchev–Trinajstić information content (AvgIpc) is 2.82. The normalized spacial score (nSPS) is 13.7. The lowest BCUT2D eigenvalue weighted by molar-refractivity contribution is 0.304. The fraction of sp³-hybridized carbons (Fsp3) is 0.600. The van der Waals surface area contributed by atoms with Crippen LogP contribution in [0.3, 0.4) is 0 Å². The minimum Gasteiger partial charge on any atom is -0.493 e. The van der Waals surface area contributed by atoms with E-state index < -0.39 is 0 Å². The molecule has 2 rings (SSSR count). The van der Waals surface area contributed by atoms with Crippen molar-refractivity contribution in [3.63, 3.8) is 0 Å². The maximum atomic E-state index is 6.17. The van der Waals surface area contributed by atoms with Gasteiger partial charge in [-0.15, -0.1) is 11.6 Å². The number of nitrogens with zero attached hydrogens (tertiary/aromatic N) is 1. The Morgan fingerprint density at radius 1 is 1.26 bits per heavy atom. The minimum atomic E-state index is 0.763. The van der Waals surface area contributed by atoms with Crippen molar-refractivity contribution in [1.82, 2.24) is 4.90 Å². The van der Waals surface area contributed by atoms with Crippen molar-refractivity contribution in [3.8, 4) is 5.75 Å². The van der Waals surface area contributed by atoms with E-state index in [9.17, 15) is 0 Å². The maximum absolute atomic E-state index is 6.17. The average molecular weight is 302 g/mol. The molecule has 19 heavy (non-hydrogen) atoms. The Balaban J connectivity index is 1.92. The van der Waals surface area contributed by atoms with E-state index in [1.165, 1.54) is 24.0 Å². The third-order valence-electron chi connectivity index (χ3n) is 3.44. The van der Waals surface area contributed by atoms with Crippen LogP contribution < -0.4 is 4.74 Å². The Morgan fingerprint density at radius 3 is 2.89 bits per heavy atom. The van der Waals surface area contributed by atoms with Gasteiger partial charge in [0, 0.05) is 29.4 Å². The molecular weight excluding hydrogens is 281 g/mol. The summed E-state index contributed by atoms with van der Waals surface area (Å²) in [6.07, 6.45) is 4.46. The maximum Gasteiger partial charge on any atom is 0.127 e. The molecule has 0 N–H and O–H groups in total. The predicted octanol–water partition coefficient (Wildman–Crippen LogP) is 4.12. The lowest BCUT2D eigenvalue weighted by Crippen LogP contribution is -2.19. The quantitative estimate of drug-likeness (QED) is 0.555. The Bertz CT molecular complexity index is 423. The molecule has 1 aliphatic rings. The number of hydrogen-bond acceptors (Lipinski definition) is 2. The molecule has 0 bridgehead atoms. The van der Waals surface area contributed by atoms with Gasteiger partial charge in [-0.2, -0.15) is 0 Å². The number of benzene rings is 1. The molecule has 0 radical (unpaired) electrons. The lowest BCUT2D eigenvalue weighted by Gasteiger charge is -2.18. The molecule has 1 heterocycles. The van der Waals surface area contributed by atoms with E-state index in [4.69, 9.17) is 27.9 Å². The highest BCUT2D eigenvalue weighted by molar-refractivity contribution is 6.30. The molecule has 0 spiro atoms. The zero-order valence-electron chi connectivity index (χ0n) is 11.4. The Morgan fingerprint density at radius 2 is 2.11 bits per heavy atom. The van der Waals surface area contributed by atoms with Crippen LogP contribution in [0.2, 0.25) is 5.02 Å². The van der Waals surface area contributed by atoms with Crippen LogP contribution in [0.4, 0.5) is 0 Å². The van der Waals surface area contributed by atoms with Crippen LogP contribution in [0, 0.1) is 0 Å². The third-order valence-corrected chi connectivity index (χ3v) is 3.92. The molecule has 0 fully saturated rings. The van der Waals surface area contributed by atoms with Crippen molar-refractivity contribution >= 4 is 23.2 Å². The lowest BCUT2D eigenvalue weighted by atomic mass is 10.1. The molecule has 0 saturated heterocycles. The Kier molecular flexibility index (Phi) is 5.80. The van der Waals surface area contributed by atoms with Gasteiger partial charge in [-0.25, -0.2) is 0 Å². The van der Waals surface area contributed by atoms with Gasteiger partial charge in [-0.1, -0.05) is 18.0 Å². The molecule has 0 aliphatic carbocycles. The van der Waals surface area contributed by atoms with Crippen molar-refractivity contribution in [2.45, 2.75) is 32.2 Å². The topological polar surface area (TPSA) is 12.5 Å².